The molecule has 0 bridgehead atoms. The van der Waals surface area contributed by atoms with E-state index in [1.54, 1.807) is 19.3 Å². The van der Waals surface area contributed by atoms with Gasteiger partial charge in [-0.2, -0.15) is 4.80 Å². The van der Waals surface area contributed by atoms with E-state index in [1.165, 1.54) is 51.4 Å². The molecule has 0 saturated heterocycles. The molecule has 0 amide bonds. The van der Waals surface area contributed by atoms with Gasteiger partial charge in [0.2, 0.25) is 0 Å². The van der Waals surface area contributed by atoms with Crippen LogP contribution < -0.4 is 0 Å². The molecule has 4 aliphatic rings. The van der Waals surface area contributed by atoms with Crippen LogP contribution in [0.1, 0.15) is 104 Å². The molecule has 0 aliphatic heterocycles. The van der Waals surface area contributed by atoms with Crippen molar-refractivity contribution in [3.63, 3.8) is 0 Å². The Balaban J connectivity index is 1.26. The van der Waals surface area contributed by atoms with Crippen LogP contribution in [0.4, 0.5) is 0 Å². The van der Waals surface area contributed by atoms with E-state index in [-0.39, 0.29) is 0 Å². The molecule has 1 unspecified atom stereocenters. The van der Waals surface area contributed by atoms with Gasteiger partial charge in [0.25, 0.3) is 0 Å². The van der Waals surface area contributed by atoms with Gasteiger partial charge in [-0.05, 0) is 109 Å². The Morgan fingerprint density at radius 1 is 1.00 bits per heavy atom. The first-order valence-corrected chi connectivity index (χ1v) is 13.8. The molecule has 4 saturated carbocycles. The normalized spacial score (nSPS) is 43.2. The van der Waals surface area contributed by atoms with Crippen molar-refractivity contribution in [3.05, 3.63) is 5.82 Å². The minimum Gasteiger partial charge on any atom is -0.164 e. The first kappa shape index (κ1) is 21.9. The highest BCUT2D eigenvalue weighted by molar-refractivity contribution is 5.06. The molecular formula is C27H46N4. The fourth-order valence-corrected chi connectivity index (χ4v) is 9.48. The second-order valence-corrected chi connectivity index (χ2v) is 12.2. The molecule has 4 nitrogen and oxygen atoms in total. The van der Waals surface area contributed by atoms with Crippen LogP contribution in [-0.4, -0.2) is 20.2 Å². The Morgan fingerprint density at radius 2 is 1.84 bits per heavy atom. The van der Waals surface area contributed by atoms with Gasteiger partial charge in [-0.25, -0.2) is 0 Å². The average Bonchev–Trinajstić information content (AvgIpc) is 3.37. The van der Waals surface area contributed by atoms with E-state index in [9.17, 15) is 0 Å². The highest BCUT2D eigenvalue weighted by Gasteiger charge is 2.57. The van der Waals surface area contributed by atoms with Crippen LogP contribution >= 0.6 is 0 Å². The van der Waals surface area contributed by atoms with Crippen LogP contribution in [0, 0.1) is 52.8 Å². The summed E-state index contributed by atoms with van der Waals surface area (Å²) in [5, 5.41) is 13.1. The fraction of sp³-hybridized carbons (Fsp3) is 0.963. The molecule has 1 aromatic heterocycles. The number of aryl methyl sites for hydroxylation is 1. The molecule has 4 aliphatic carbocycles. The van der Waals surface area contributed by atoms with Gasteiger partial charge in [-0.15, -0.1) is 10.2 Å². The Kier molecular flexibility index (Phi) is 6.20. The van der Waals surface area contributed by atoms with Crippen molar-refractivity contribution in [1.29, 1.82) is 0 Å². The minimum absolute atomic E-state index is 0.543. The van der Waals surface area contributed by atoms with Crippen LogP contribution in [0.25, 0.3) is 0 Å². The smallest absolute Gasteiger partial charge is 0.164 e. The average molecular weight is 427 g/mol. The van der Waals surface area contributed by atoms with E-state index in [4.69, 9.17) is 0 Å². The maximum atomic E-state index is 4.59. The third-order valence-electron chi connectivity index (χ3n) is 10.8. The van der Waals surface area contributed by atoms with E-state index >= 15 is 0 Å². The molecule has 174 valence electrons. The topological polar surface area (TPSA) is 43.6 Å². The van der Waals surface area contributed by atoms with Crippen molar-refractivity contribution in [2.24, 2.45) is 52.8 Å². The predicted octanol–water partition coefficient (Wildman–Crippen LogP) is 6.56. The van der Waals surface area contributed by atoms with Crippen LogP contribution in [-0.2, 0) is 13.0 Å². The fourth-order valence-electron chi connectivity index (χ4n) is 9.48. The van der Waals surface area contributed by atoms with Gasteiger partial charge < -0.3 is 0 Å². The number of aromatic nitrogens is 4. The molecule has 1 heterocycles. The van der Waals surface area contributed by atoms with Crippen molar-refractivity contribution in [2.45, 2.75) is 111 Å². The summed E-state index contributed by atoms with van der Waals surface area (Å²) in [5.74, 6) is 8.59. The lowest BCUT2D eigenvalue weighted by Crippen LogP contribution is -2.49. The Labute approximate surface area is 190 Å². The molecule has 4 heteroatoms. The van der Waals surface area contributed by atoms with E-state index in [1.807, 2.05) is 4.80 Å². The first-order valence-electron chi connectivity index (χ1n) is 13.8. The lowest BCUT2D eigenvalue weighted by molar-refractivity contribution is -0.0751. The maximum absolute atomic E-state index is 4.59. The van der Waals surface area contributed by atoms with Gasteiger partial charge >= 0.3 is 0 Å². The van der Waals surface area contributed by atoms with Gasteiger partial charge in [-0.1, -0.05) is 47.0 Å². The molecule has 4 fully saturated rings. The SMILES string of the molecule is CCC[C@H]1CC[C@H]2[C@H](CC[C@@H]3[C@@H]2CC[C@]2(C)C([C@H](C)Cn4nnc(CC)n4)CC[C@@H]32)C1. The van der Waals surface area contributed by atoms with Crippen LogP contribution in [0.15, 0.2) is 0 Å². The number of rotatable bonds is 6. The lowest BCUT2D eigenvalue weighted by atomic mass is 9.48. The number of nitrogens with zero attached hydrogens (tertiary/aromatic N) is 4. The predicted molar refractivity (Wildman–Crippen MR) is 125 cm³/mol. The molecule has 5 rings (SSSR count). The van der Waals surface area contributed by atoms with Gasteiger partial charge in [0.15, 0.2) is 5.82 Å². The highest BCUT2D eigenvalue weighted by Crippen LogP contribution is 2.65. The number of tetrazole rings is 1. The summed E-state index contributed by atoms with van der Waals surface area (Å²) < 4.78 is 0. The maximum Gasteiger partial charge on any atom is 0.174 e. The Morgan fingerprint density at radius 3 is 2.61 bits per heavy atom. The van der Waals surface area contributed by atoms with Crippen molar-refractivity contribution in [2.75, 3.05) is 0 Å². The Bertz CT molecular complexity index is 743. The number of fused-ring (bicyclic) bond motifs is 5. The molecule has 0 spiro atoms. The van der Waals surface area contributed by atoms with Crippen molar-refractivity contribution in [1.82, 2.24) is 20.2 Å². The summed E-state index contributed by atoms with van der Waals surface area (Å²) in [5.41, 5.74) is 0.543. The summed E-state index contributed by atoms with van der Waals surface area (Å²) in [4.78, 5) is 1.88. The third kappa shape index (κ3) is 3.88. The number of hydrogen-bond acceptors (Lipinski definition) is 3. The van der Waals surface area contributed by atoms with Crippen molar-refractivity contribution < 1.29 is 0 Å². The van der Waals surface area contributed by atoms with E-state index in [0.29, 0.717) is 11.3 Å². The van der Waals surface area contributed by atoms with Gasteiger partial charge in [0.1, 0.15) is 0 Å². The van der Waals surface area contributed by atoms with E-state index < -0.39 is 0 Å². The highest BCUT2D eigenvalue weighted by atomic mass is 15.6. The zero-order chi connectivity index (χ0) is 21.6. The summed E-state index contributed by atoms with van der Waals surface area (Å²) in [7, 11) is 0. The van der Waals surface area contributed by atoms with Gasteiger partial charge in [0, 0.05) is 6.42 Å². The van der Waals surface area contributed by atoms with Crippen LogP contribution in [0.2, 0.25) is 0 Å². The van der Waals surface area contributed by atoms with Crippen LogP contribution in [0.5, 0.6) is 0 Å². The monoisotopic (exact) mass is 426 g/mol. The second kappa shape index (κ2) is 8.78. The van der Waals surface area contributed by atoms with Gasteiger partial charge in [0.05, 0.1) is 6.54 Å². The Hall–Kier alpha value is -0.930. The van der Waals surface area contributed by atoms with Crippen molar-refractivity contribution >= 4 is 0 Å². The zero-order valence-electron chi connectivity index (χ0n) is 20.6. The molecule has 1 aromatic rings. The van der Waals surface area contributed by atoms with Crippen LogP contribution in [0.3, 0.4) is 0 Å². The first-order chi connectivity index (χ1) is 15.0. The third-order valence-corrected chi connectivity index (χ3v) is 10.8. The lowest BCUT2D eigenvalue weighted by Gasteiger charge is -2.57. The standard InChI is InChI=1S/C27H46N4/c1-5-7-19-8-10-21-20(16-19)9-11-23-22(21)14-15-27(4)24(12-13-25(23)27)18(3)17-31-29-26(6-2)28-30-31/h18-25H,5-17H2,1-4H3/t18-,19+,20-,21+,22-,23-,24?,25+,27-/m1/s1. The molecular weight excluding hydrogens is 380 g/mol. The molecule has 0 N–H and O–H groups in total. The zero-order valence-corrected chi connectivity index (χ0v) is 20.6. The second-order valence-electron chi connectivity index (χ2n) is 12.2. The molecule has 31 heavy (non-hydrogen) atoms. The largest absolute Gasteiger partial charge is 0.174 e. The molecule has 9 atom stereocenters. The van der Waals surface area contributed by atoms with Crippen molar-refractivity contribution in [3.8, 4) is 0 Å². The quantitative estimate of drug-likeness (QED) is 0.517. The number of hydrogen-bond donors (Lipinski definition) is 0. The summed E-state index contributed by atoms with van der Waals surface area (Å²) >= 11 is 0. The summed E-state index contributed by atoms with van der Waals surface area (Å²) in [6.07, 6.45) is 17.4. The van der Waals surface area contributed by atoms with E-state index in [0.717, 1.165) is 60.2 Å². The molecule has 0 aromatic carbocycles. The summed E-state index contributed by atoms with van der Waals surface area (Å²) in [6.45, 7) is 10.6. The summed E-state index contributed by atoms with van der Waals surface area (Å²) in [6, 6.07) is 0. The van der Waals surface area contributed by atoms with Gasteiger partial charge in [-0.3, -0.25) is 0 Å². The molecule has 0 radical (unpaired) electrons. The minimum atomic E-state index is 0.543. The van der Waals surface area contributed by atoms with E-state index in [2.05, 4.69) is 43.1 Å².